The fourth-order valence-corrected chi connectivity index (χ4v) is 7.62. The number of carbonyl (C=O) groups excluding carboxylic acids is 2. The summed E-state index contributed by atoms with van der Waals surface area (Å²) in [7, 11) is -4.42. The lowest BCUT2D eigenvalue weighted by Gasteiger charge is -2.15. The number of phosphoric ester groups is 1. The minimum absolute atomic E-state index is 0.0835. The Hall–Kier alpha value is -1.77. The van der Waals surface area contributed by atoms with Gasteiger partial charge in [0.25, 0.3) is 0 Å². The van der Waals surface area contributed by atoms with Gasteiger partial charge < -0.3 is 20.1 Å². The van der Waals surface area contributed by atoms with Crippen molar-refractivity contribution < 1.29 is 37.9 Å². The molecule has 0 heterocycles. The standard InChI is InChI=1S/C49H92NO8P/c1-3-5-7-9-11-13-15-17-19-21-22-23-24-26-28-30-32-34-36-38-40-42-49(53)56-45-47(51)46-58-59(54,55)57-44-43-50-48(52)41-39-37-35-33-31-29-27-25-20-18-16-14-12-10-8-6-4-2/h11,13,17,19,22-23,47,51H,3-10,12,14-16,18,20-21,24-46H2,1-2H3,(H,50,52)(H,54,55)/b13-11-,19-17-,23-22-. The van der Waals surface area contributed by atoms with Crippen LogP contribution in [0.3, 0.4) is 0 Å². The van der Waals surface area contributed by atoms with E-state index >= 15 is 0 Å². The Labute approximate surface area is 363 Å². The van der Waals surface area contributed by atoms with E-state index in [1.54, 1.807) is 0 Å². The van der Waals surface area contributed by atoms with Crippen LogP contribution in [0.15, 0.2) is 36.5 Å². The summed E-state index contributed by atoms with van der Waals surface area (Å²) in [4.78, 5) is 34.0. The van der Waals surface area contributed by atoms with Crippen molar-refractivity contribution >= 4 is 19.7 Å². The lowest BCUT2D eigenvalue weighted by atomic mass is 10.0. The summed E-state index contributed by atoms with van der Waals surface area (Å²) >= 11 is 0. The number of carbonyl (C=O) groups is 2. The van der Waals surface area contributed by atoms with E-state index in [0.717, 1.165) is 64.2 Å². The average Bonchev–Trinajstić information content (AvgIpc) is 3.22. The predicted molar refractivity (Wildman–Crippen MR) is 247 cm³/mol. The number of hydrogen-bond acceptors (Lipinski definition) is 7. The molecule has 10 heteroatoms. The predicted octanol–water partition coefficient (Wildman–Crippen LogP) is 14.1. The molecular weight excluding hydrogens is 762 g/mol. The van der Waals surface area contributed by atoms with E-state index in [-0.39, 0.29) is 32.1 Å². The van der Waals surface area contributed by atoms with Crippen molar-refractivity contribution in [3.05, 3.63) is 36.5 Å². The van der Waals surface area contributed by atoms with E-state index < -0.39 is 26.5 Å². The van der Waals surface area contributed by atoms with Crippen molar-refractivity contribution in [1.29, 1.82) is 0 Å². The highest BCUT2D eigenvalue weighted by molar-refractivity contribution is 7.47. The van der Waals surface area contributed by atoms with Gasteiger partial charge in [-0.05, 0) is 51.4 Å². The van der Waals surface area contributed by atoms with Gasteiger partial charge in [-0.25, -0.2) is 4.57 Å². The van der Waals surface area contributed by atoms with E-state index in [1.165, 1.54) is 141 Å². The highest BCUT2D eigenvalue weighted by Crippen LogP contribution is 2.42. The molecule has 9 nitrogen and oxygen atoms in total. The van der Waals surface area contributed by atoms with Crippen molar-refractivity contribution in [3.8, 4) is 0 Å². The fourth-order valence-electron chi connectivity index (χ4n) is 6.86. The molecule has 346 valence electrons. The molecule has 3 N–H and O–H groups in total. The summed E-state index contributed by atoms with van der Waals surface area (Å²) in [6, 6.07) is 0. The second-order valence-electron chi connectivity index (χ2n) is 16.4. The number of allylic oxidation sites excluding steroid dienone is 6. The number of unbranched alkanes of at least 4 members (excludes halogenated alkanes) is 27. The minimum atomic E-state index is -4.42. The van der Waals surface area contributed by atoms with Gasteiger partial charge in [0, 0.05) is 19.4 Å². The quantitative estimate of drug-likeness (QED) is 0.0239. The minimum Gasteiger partial charge on any atom is -0.463 e. The zero-order valence-corrected chi connectivity index (χ0v) is 39.1. The molecule has 0 fully saturated rings. The molecule has 0 aromatic rings. The smallest absolute Gasteiger partial charge is 0.463 e. The molecule has 0 aromatic carbocycles. The molecule has 1 amide bonds. The maximum Gasteiger partial charge on any atom is 0.472 e. The first kappa shape index (κ1) is 57.2. The summed E-state index contributed by atoms with van der Waals surface area (Å²) in [5.41, 5.74) is 0. The van der Waals surface area contributed by atoms with Gasteiger partial charge in [-0.3, -0.25) is 18.6 Å². The SMILES string of the molecule is CCCCC/C=C\C/C=C\C/C=C\CCCCCCCCCCC(=O)OCC(O)COP(=O)(O)OCCNC(=O)CCCCCCCCCCCCCCCCCCC. The van der Waals surface area contributed by atoms with E-state index in [0.29, 0.717) is 6.42 Å². The summed E-state index contributed by atoms with van der Waals surface area (Å²) in [5, 5.41) is 12.7. The van der Waals surface area contributed by atoms with Crippen LogP contribution in [0.4, 0.5) is 0 Å². The van der Waals surface area contributed by atoms with Crippen molar-refractivity contribution in [2.45, 2.75) is 238 Å². The van der Waals surface area contributed by atoms with E-state index in [2.05, 4.69) is 55.6 Å². The molecule has 0 saturated heterocycles. The lowest BCUT2D eigenvalue weighted by molar-refractivity contribution is -0.147. The van der Waals surface area contributed by atoms with Crippen LogP contribution < -0.4 is 5.32 Å². The Bertz CT molecular complexity index is 1060. The van der Waals surface area contributed by atoms with Crippen LogP contribution in [-0.4, -0.2) is 54.3 Å². The molecule has 0 spiro atoms. The second-order valence-corrected chi connectivity index (χ2v) is 17.9. The normalized spacial score (nSPS) is 13.5. The van der Waals surface area contributed by atoms with Gasteiger partial charge in [-0.2, -0.15) is 0 Å². The molecule has 0 aromatic heterocycles. The average molecular weight is 854 g/mol. The second kappa shape index (κ2) is 45.7. The molecule has 2 unspecified atom stereocenters. The number of ether oxygens (including phenoxy) is 1. The first-order valence-electron chi connectivity index (χ1n) is 24.5. The van der Waals surface area contributed by atoms with Crippen LogP contribution in [0.5, 0.6) is 0 Å². The number of aliphatic hydroxyl groups is 1. The highest BCUT2D eigenvalue weighted by Gasteiger charge is 2.23. The third-order valence-corrected chi connectivity index (χ3v) is 11.6. The van der Waals surface area contributed by atoms with Gasteiger partial charge in [-0.1, -0.05) is 204 Å². The first-order chi connectivity index (χ1) is 28.8. The molecule has 0 radical (unpaired) electrons. The molecule has 0 aliphatic carbocycles. The summed E-state index contributed by atoms with van der Waals surface area (Å²) in [6.07, 6.45) is 52.1. The van der Waals surface area contributed by atoms with Crippen molar-refractivity contribution in [2.75, 3.05) is 26.4 Å². The number of hydrogen-bond donors (Lipinski definition) is 3. The number of esters is 1. The van der Waals surface area contributed by atoms with Crippen LogP contribution in [0, 0.1) is 0 Å². The maximum absolute atomic E-state index is 12.1. The van der Waals surface area contributed by atoms with Crippen molar-refractivity contribution in [3.63, 3.8) is 0 Å². The topological polar surface area (TPSA) is 131 Å². The zero-order valence-electron chi connectivity index (χ0n) is 38.2. The Morgan fingerprint density at radius 3 is 1.41 bits per heavy atom. The Morgan fingerprint density at radius 1 is 0.525 bits per heavy atom. The highest BCUT2D eigenvalue weighted by atomic mass is 31.2. The Balaban J connectivity index is 3.57. The van der Waals surface area contributed by atoms with Crippen LogP contribution in [0.25, 0.3) is 0 Å². The fraction of sp³-hybridized carbons (Fsp3) is 0.837. The third-order valence-electron chi connectivity index (χ3n) is 10.6. The van der Waals surface area contributed by atoms with Gasteiger partial charge >= 0.3 is 13.8 Å². The molecule has 0 saturated carbocycles. The van der Waals surface area contributed by atoms with Gasteiger partial charge in [-0.15, -0.1) is 0 Å². The van der Waals surface area contributed by atoms with Gasteiger partial charge in [0.05, 0.1) is 13.2 Å². The van der Waals surface area contributed by atoms with Gasteiger partial charge in [0.1, 0.15) is 12.7 Å². The Kier molecular flexibility index (Phi) is 44.4. The van der Waals surface area contributed by atoms with Gasteiger partial charge in [0.15, 0.2) is 0 Å². The van der Waals surface area contributed by atoms with E-state index in [9.17, 15) is 24.2 Å². The molecule has 0 rings (SSSR count). The van der Waals surface area contributed by atoms with Crippen molar-refractivity contribution in [2.24, 2.45) is 0 Å². The first-order valence-corrected chi connectivity index (χ1v) is 26.0. The van der Waals surface area contributed by atoms with Crippen LogP contribution in [0.1, 0.15) is 232 Å². The molecule has 0 aliphatic heterocycles. The van der Waals surface area contributed by atoms with E-state index in [4.69, 9.17) is 13.8 Å². The molecule has 0 aliphatic rings. The maximum atomic E-state index is 12.1. The largest absolute Gasteiger partial charge is 0.472 e. The number of phosphoric acid groups is 1. The lowest BCUT2D eigenvalue weighted by Crippen LogP contribution is -2.27. The molecular formula is C49H92NO8P. The van der Waals surface area contributed by atoms with Crippen LogP contribution in [0.2, 0.25) is 0 Å². The summed E-state index contributed by atoms with van der Waals surface area (Å²) in [5.74, 6) is -0.516. The third kappa shape index (κ3) is 47.1. The van der Waals surface area contributed by atoms with Crippen molar-refractivity contribution in [1.82, 2.24) is 5.32 Å². The summed E-state index contributed by atoms with van der Waals surface area (Å²) < 4.78 is 27.0. The monoisotopic (exact) mass is 854 g/mol. The number of aliphatic hydroxyl groups excluding tert-OH is 1. The van der Waals surface area contributed by atoms with Crippen LogP contribution >= 0.6 is 7.82 Å². The molecule has 0 bridgehead atoms. The summed E-state index contributed by atoms with van der Waals surface area (Å²) in [6.45, 7) is 3.55. The zero-order chi connectivity index (χ0) is 43.2. The molecule has 59 heavy (non-hydrogen) atoms. The number of amides is 1. The number of nitrogens with one attached hydrogen (secondary N) is 1. The Morgan fingerprint density at radius 2 is 0.915 bits per heavy atom. The van der Waals surface area contributed by atoms with Gasteiger partial charge in [0.2, 0.25) is 5.91 Å². The molecule has 2 atom stereocenters. The van der Waals surface area contributed by atoms with E-state index in [1.807, 2.05) is 0 Å². The number of rotatable bonds is 46. The van der Waals surface area contributed by atoms with Crippen LogP contribution in [-0.2, 0) is 27.9 Å².